The number of pyridine rings is 1. The van der Waals surface area contributed by atoms with E-state index in [4.69, 9.17) is 32.7 Å². The maximum atomic E-state index is 13.1. The van der Waals surface area contributed by atoms with Crippen LogP contribution in [0.2, 0.25) is 0 Å². The SMILES string of the molecule is CC(NC(=O)C(Cc1cccnc1)NC(=O)OC(C)(C)C)C(=O)N1CCCC(C(=O)OCC(C)(Cl)Cl)N1. The lowest BCUT2D eigenvalue weighted by Crippen LogP contribution is -2.60. The summed E-state index contributed by atoms with van der Waals surface area (Å²) < 4.78 is 9.19. The lowest BCUT2D eigenvalue weighted by molar-refractivity contribution is -0.153. The summed E-state index contributed by atoms with van der Waals surface area (Å²) in [5.41, 5.74) is 2.80. The number of hydrogen-bond acceptors (Lipinski definition) is 8. The molecule has 1 aromatic rings. The van der Waals surface area contributed by atoms with Crippen LogP contribution in [0.4, 0.5) is 4.79 Å². The molecule has 1 aliphatic rings. The minimum Gasteiger partial charge on any atom is -0.461 e. The predicted octanol–water partition coefficient (Wildman–Crippen LogP) is 2.25. The first-order valence-electron chi connectivity index (χ1n) is 12.0. The molecule has 0 saturated carbocycles. The third-order valence-corrected chi connectivity index (χ3v) is 5.32. The summed E-state index contributed by atoms with van der Waals surface area (Å²) in [5, 5.41) is 6.49. The molecule has 1 aliphatic heterocycles. The molecular formula is C24H35Cl2N5O6. The average molecular weight is 560 g/mol. The number of carbonyl (C=O) groups excluding carboxylic acids is 4. The minimum atomic E-state index is -1.22. The Labute approximate surface area is 226 Å². The maximum Gasteiger partial charge on any atom is 0.408 e. The van der Waals surface area contributed by atoms with Crippen LogP contribution in [0.15, 0.2) is 24.5 Å². The van der Waals surface area contributed by atoms with E-state index in [1.807, 2.05) is 0 Å². The second-order valence-corrected chi connectivity index (χ2v) is 11.8. The van der Waals surface area contributed by atoms with E-state index in [9.17, 15) is 19.2 Å². The molecule has 0 radical (unpaired) electrons. The van der Waals surface area contributed by atoms with E-state index in [0.29, 0.717) is 24.9 Å². The van der Waals surface area contributed by atoms with Crippen molar-refractivity contribution < 1.29 is 28.7 Å². The van der Waals surface area contributed by atoms with Gasteiger partial charge in [0.05, 0.1) is 0 Å². The fourth-order valence-electron chi connectivity index (χ4n) is 3.44. The molecule has 3 amide bonds. The largest absolute Gasteiger partial charge is 0.461 e. The van der Waals surface area contributed by atoms with Crippen LogP contribution in [0.25, 0.3) is 0 Å². The van der Waals surface area contributed by atoms with Gasteiger partial charge in [-0.2, -0.15) is 0 Å². The molecule has 37 heavy (non-hydrogen) atoms. The van der Waals surface area contributed by atoms with Gasteiger partial charge in [-0.15, -0.1) is 0 Å². The van der Waals surface area contributed by atoms with Crippen molar-refractivity contribution in [2.75, 3.05) is 13.2 Å². The van der Waals surface area contributed by atoms with Crippen LogP contribution in [0.5, 0.6) is 0 Å². The Kier molecular flexibility index (Phi) is 11.0. The number of hydrazine groups is 1. The second-order valence-electron chi connectivity index (χ2n) is 9.99. The van der Waals surface area contributed by atoms with Gasteiger partial charge in [0.2, 0.25) is 5.91 Å². The Bertz CT molecular complexity index is 951. The van der Waals surface area contributed by atoms with Crippen molar-refractivity contribution in [3.63, 3.8) is 0 Å². The van der Waals surface area contributed by atoms with Crippen LogP contribution < -0.4 is 16.1 Å². The third kappa shape index (κ3) is 11.1. The van der Waals surface area contributed by atoms with Gasteiger partial charge in [-0.05, 0) is 59.1 Å². The molecule has 1 saturated heterocycles. The van der Waals surface area contributed by atoms with Crippen LogP contribution >= 0.6 is 23.2 Å². The van der Waals surface area contributed by atoms with Gasteiger partial charge in [-0.3, -0.25) is 24.4 Å². The van der Waals surface area contributed by atoms with E-state index in [2.05, 4.69) is 21.0 Å². The van der Waals surface area contributed by atoms with Crippen molar-refractivity contribution in [1.29, 1.82) is 0 Å². The number of aromatic nitrogens is 1. The number of ether oxygens (including phenoxy) is 2. The molecule has 3 atom stereocenters. The topological polar surface area (TPSA) is 139 Å². The van der Waals surface area contributed by atoms with Crippen LogP contribution in [0.3, 0.4) is 0 Å². The van der Waals surface area contributed by atoms with Crippen molar-refractivity contribution in [1.82, 2.24) is 26.1 Å². The molecule has 3 N–H and O–H groups in total. The number of esters is 1. The highest BCUT2D eigenvalue weighted by molar-refractivity contribution is 6.48. The number of halogens is 2. The van der Waals surface area contributed by atoms with E-state index in [-0.39, 0.29) is 13.0 Å². The van der Waals surface area contributed by atoms with Gasteiger partial charge < -0.3 is 20.1 Å². The molecule has 3 unspecified atom stereocenters. The van der Waals surface area contributed by atoms with Crippen LogP contribution in [0.1, 0.15) is 53.0 Å². The number of hydrogen-bond donors (Lipinski definition) is 3. The van der Waals surface area contributed by atoms with E-state index < -0.39 is 51.9 Å². The molecule has 2 heterocycles. The Morgan fingerprint density at radius 3 is 2.51 bits per heavy atom. The van der Waals surface area contributed by atoms with Crippen molar-refractivity contribution in [3.8, 4) is 0 Å². The Morgan fingerprint density at radius 1 is 1.22 bits per heavy atom. The summed E-state index contributed by atoms with van der Waals surface area (Å²) in [6, 6.07) is 0.747. The highest BCUT2D eigenvalue weighted by Crippen LogP contribution is 2.20. The number of nitrogens with one attached hydrogen (secondary N) is 3. The molecule has 0 aromatic carbocycles. The summed E-state index contributed by atoms with van der Waals surface area (Å²) >= 11 is 11.7. The van der Waals surface area contributed by atoms with Crippen LogP contribution in [0, 0.1) is 0 Å². The fourth-order valence-corrected chi connectivity index (χ4v) is 3.55. The first-order chi connectivity index (χ1) is 17.1. The van der Waals surface area contributed by atoms with E-state index >= 15 is 0 Å². The molecule has 0 aliphatic carbocycles. The zero-order chi connectivity index (χ0) is 27.8. The zero-order valence-electron chi connectivity index (χ0n) is 21.7. The predicted molar refractivity (Wildman–Crippen MR) is 138 cm³/mol. The second kappa shape index (κ2) is 13.3. The van der Waals surface area contributed by atoms with Gasteiger partial charge in [0, 0.05) is 25.4 Å². The van der Waals surface area contributed by atoms with Crippen molar-refractivity contribution >= 4 is 47.1 Å². The fraction of sp³-hybridized carbons (Fsp3) is 0.625. The lowest BCUT2D eigenvalue weighted by Gasteiger charge is -2.34. The zero-order valence-corrected chi connectivity index (χ0v) is 23.2. The standard InChI is InChI=1S/C24H35Cl2N5O6/c1-15(20(33)31-11-7-9-17(30-31)21(34)36-14-24(5,25)26)28-19(32)18(12-16-8-6-10-27-13-16)29-22(35)37-23(2,3)4/h6,8,10,13,15,17-18,30H,7,9,11-12,14H2,1-5H3,(H,28,32)(H,29,35). The van der Waals surface area contributed by atoms with Crippen LogP contribution in [-0.2, 0) is 30.3 Å². The normalized spacial score (nSPS) is 17.8. The molecule has 11 nitrogen and oxygen atoms in total. The molecule has 206 valence electrons. The number of alkyl carbamates (subject to hydrolysis) is 1. The number of nitrogens with zero attached hydrogens (tertiary/aromatic N) is 2. The van der Waals surface area contributed by atoms with Gasteiger partial charge >= 0.3 is 12.1 Å². The number of amides is 3. The molecular weight excluding hydrogens is 525 g/mol. The summed E-state index contributed by atoms with van der Waals surface area (Å²) in [6.07, 6.45) is 3.55. The number of rotatable bonds is 9. The first kappa shape index (κ1) is 30.6. The minimum absolute atomic E-state index is 0.135. The Balaban J connectivity index is 2.02. The van der Waals surface area contributed by atoms with E-state index in [0.717, 1.165) is 0 Å². The maximum absolute atomic E-state index is 13.1. The summed E-state index contributed by atoms with van der Waals surface area (Å²) in [5.74, 6) is -1.62. The molecule has 1 aromatic heterocycles. The first-order valence-corrected chi connectivity index (χ1v) is 12.7. The monoisotopic (exact) mass is 559 g/mol. The van der Waals surface area contributed by atoms with E-state index in [1.54, 1.807) is 45.3 Å². The Morgan fingerprint density at radius 2 is 1.92 bits per heavy atom. The smallest absolute Gasteiger partial charge is 0.408 e. The average Bonchev–Trinajstić information content (AvgIpc) is 2.80. The third-order valence-electron chi connectivity index (χ3n) is 5.10. The van der Waals surface area contributed by atoms with Gasteiger partial charge in [0.25, 0.3) is 5.91 Å². The van der Waals surface area contributed by atoms with Gasteiger partial charge in [-0.1, -0.05) is 29.3 Å². The molecule has 13 heteroatoms. The Hall–Kier alpha value is -2.63. The lowest BCUT2D eigenvalue weighted by atomic mass is 10.1. The molecule has 1 fully saturated rings. The molecule has 2 rings (SSSR count). The summed E-state index contributed by atoms with van der Waals surface area (Å²) in [6.45, 7) is 8.28. The number of carbonyl (C=O) groups is 4. The summed E-state index contributed by atoms with van der Waals surface area (Å²) in [4.78, 5) is 54.9. The highest BCUT2D eigenvalue weighted by Gasteiger charge is 2.33. The summed E-state index contributed by atoms with van der Waals surface area (Å²) in [7, 11) is 0. The van der Waals surface area contributed by atoms with Crippen LogP contribution in [-0.4, -0.2) is 75.1 Å². The van der Waals surface area contributed by atoms with E-state index in [1.165, 1.54) is 18.9 Å². The quantitative estimate of drug-likeness (QED) is 0.309. The molecule has 0 spiro atoms. The van der Waals surface area contributed by atoms with Gasteiger partial charge in [-0.25, -0.2) is 10.2 Å². The van der Waals surface area contributed by atoms with Crippen molar-refractivity contribution in [3.05, 3.63) is 30.1 Å². The van der Waals surface area contributed by atoms with Gasteiger partial charge in [0.15, 0.2) is 0 Å². The van der Waals surface area contributed by atoms with Crippen molar-refractivity contribution in [2.24, 2.45) is 0 Å². The molecule has 0 bridgehead atoms. The van der Waals surface area contributed by atoms with Crippen molar-refractivity contribution in [2.45, 2.75) is 81.9 Å². The highest BCUT2D eigenvalue weighted by atomic mass is 35.5. The number of alkyl halides is 2. The van der Waals surface area contributed by atoms with Gasteiger partial charge in [0.1, 0.15) is 34.7 Å².